The van der Waals surface area contributed by atoms with E-state index >= 15 is 0 Å². The van der Waals surface area contributed by atoms with Gasteiger partial charge in [0, 0.05) is 18.0 Å². The van der Waals surface area contributed by atoms with Gasteiger partial charge in [-0.25, -0.2) is 23.7 Å². The Bertz CT molecular complexity index is 1130. The van der Waals surface area contributed by atoms with Crippen LogP contribution in [0.4, 0.5) is 50.8 Å². The van der Waals surface area contributed by atoms with E-state index in [0.717, 1.165) is 24.5 Å². The van der Waals surface area contributed by atoms with Gasteiger partial charge in [-0.3, -0.25) is 10.1 Å². The van der Waals surface area contributed by atoms with Gasteiger partial charge in [-0.05, 0) is 18.2 Å². The molecule has 0 fully saturated rings. The van der Waals surface area contributed by atoms with Gasteiger partial charge >= 0.3 is 11.9 Å². The first-order valence-electron chi connectivity index (χ1n) is 7.77. The second-order valence-electron chi connectivity index (χ2n) is 5.61. The first-order valence-corrected chi connectivity index (χ1v) is 8.15. The Kier molecular flexibility index (Phi) is 5.64. The molecular weight excluding hydrogens is 439 g/mol. The standard InChI is InChI=1S/C16H8ClF5N6O2/c17-9-3-7(16(20,21)22)5-23-13(9)27-15-12(28(29)30)14(24-6-25-15)26-8-1-2-10(18)11(19)4-8/h1-6H,(H2,23,24,25,26,27). The lowest BCUT2D eigenvalue weighted by molar-refractivity contribution is -0.383. The molecular formula is C16H8ClF5N6O2. The van der Waals surface area contributed by atoms with Gasteiger partial charge in [-0.2, -0.15) is 13.2 Å². The van der Waals surface area contributed by atoms with E-state index in [-0.39, 0.29) is 11.5 Å². The minimum Gasteiger partial charge on any atom is -0.334 e. The predicted octanol–water partition coefficient (Wildman–Crippen LogP) is 5.22. The number of anilines is 4. The smallest absolute Gasteiger partial charge is 0.334 e. The van der Waals surface area contributed by atoms with Crippen LogP contribution in [-0.2, 0) is 6.18 Å². The van der Waals surface area contributed by atoms with E-state index in [0.29, 0.717) is 12.3 Å². The summed E-state index contributed by atoms with van der Waals surface area (Å²) in [7, 11) is 0. The van der Waals surface area contributed by atoms with Crippen molar-refractivity contribution in [3.05, 3.63) is 69.1 Å². The maximum absolute atomic E-state index is 13.4. The number of halogens is 6. The highest BCUT2D eigenvalue weighted by Gasteiger charge is 2.32. The number of nitrogens with one attached hydrogen (secondary N) is 2. The minimum atomic E-state index is -4.68. The van der Waals surface area contributed by atoms with Crippen molar-refractivity contribution >= 4 is 40.4 Å². The van der Waals surface area contributed by atoms with Crippen LogP contribution in [-0.4, -0.2) is 19.9 Å². The van der Waals surface area contributed by atoms with Gasteiger partial charge < -0.3 is 10.6 Å². The van der Waals surface area contributed by atoms with Gasteiger partial charge in [-0.1, -0.05) is 11.6 Å². The van der Waals surface area contributed by atoms with Crippen LogP contribution in [0.3, 0.4) is 0 Å². The molecule has 30 heavy (non-hydrogen) atoms. The number of hydrogen-bond acceptors (Lipinski definition) is 7. The Morgan fingerprint density at radius 3 is 2.20 bits per heavy atom. The third-order valence-corrected chi connectivity index (χ3v) is 3.88. The van der Waals surface area contributed by atoms with Gasteiger partial charge in [0.25, 0.3) is 0 Å². The molecule has 1 aromatic carbocycles. The molecule has 2 heterocycles. The third-order valence-electron chi connectivity index (χ3n) is 3.59. The molecule has 0 saturated carbocycles. The van der Waals surface area contributed by atoms with E-state index in [1.54, 1.807) is 0 Å². The quantitative estimate of drug-likeness (QED) is 0.314. The van der Waals surface area contributed by atoms with Crippen LogP contribution in [0.15, 0.2) is 36.8 Å². The second-order valence-corrected chi connectivity index (χ2v) is 6.01. The van der Waals surface area contributed by atoms with Crippen molar-refractivity contribution in [1.82, 2.24) is 15.0 Å². The summed E-state index contributed by atoms with van der Waals surface area (Å²) in [6.07, 6.45) is -3.30. The molecule has 0 saturated heterocycles. The zero-order valence-corrected chi connectivity index (χ0v) is 15.1. The molecule has 0 radical (unpaired) electrons. The van der Waals surface area contributed by atoms with Gasteiger partial charge in [0.15, 0.2) is 17.5 Å². The van der Waals surface area contributed by atoms with E-state index < -0.39 is 50.6 Å². The van der Waals surface area contributed by atoms with E-state index in [1.807, 2.05) is 0 Å². The number of benzene rings is 1. The van der Waals surface area contributed by atoms with E-state index in [2.05, 4.69) is 25.6 Å². The molecule has 3 rings (SSSR count). The summed E-state index contributed by atoms with van der Waals surface area (Å²) in [5.74, 6) is -3.50. The normalized spacial score (nSPS) is 11.3. The highest BCUT2D eigenvalue weighted by molar-refractivity contribution is 6.33. The summed E-state index contributed by atoms with van der Waals surface area (Å²) in [6.45, 7) is 0. The van der Waals surface area contributed by atoms with Gasteiger partial charge in [0.05, 0.1) is 15.5 Å². The van der Waals surface area contributed by atoms with E-state index in [1.165, 1.54) is 0 Å². The summed E-state index contributed by atoms with van der Waals surface area (Å²) in [5, 5.41) is 15.9. The van der Waals surface area contributed by atoms with E-state index in [9.17, 15) is 32.1 Å². The summed E-state index contributed by atoms with van der Waals surface area (Å²) < 4.78 is 64.6. The third kappa shape index (κ3) is 4.51. The molecule has 156 valence electrons. The van der Waals surface area contributed by atoms with Crippen LogP contribution < -0.4 is 10.6 Å². The Morgan fingerprint density at radius 1 is 0.967 bits per heavy atom. The largest absolute Gasteiger partial charge is 0.417 e. The van der Waals surface area contributed by atoms with Crippen molar-refractivity contribution in [2.24, 2.45) is 0 Å². The summed E-state index contributed by atoms with van der Waals surface area (Å²) in [4.78, 5) is 21.5. The van der Waals surface area contributed by atoms with Crippen LogP contribution in [0.2, 0.25) is 5.02 Å². The van der Waals surface area contributed by atoms with Gasteiger partial charge in [0.2, 0.25) is 11.6 Å². The molecule has 0 amide bonds. The van der Waals surface area contributed by atoms with Crippen molar-refractivity contribution in [3.63, 3.8) is 0 Å². The molecule has 0 aliphatic carbocycles. The predicted molar refractivity (Wildman–Crippen MR) is 95.9 cm³/mol. The van der Waals surface area contributed by atoms with Crippen molar-refractivity contribution in [1.29, 1.82) is 0 Å². The van der Waals surface area contributed by atoms with Crippen LogP contribution in [0.25, 0.3) is 0 Å². The highest BCUT2D eigenvalue weighted by Crippen LogP contribution is 2.36. The zero-order chi connectivity index (χ0) is 22.1. The maximum Gasteiger partial charge on any atom is 0.417 e. The fraction of sp³-hybridized carbons (Fsp3) is 0.0625. The molecule has 8 nitrogen and oxygen atoms in total. The maximum atomic E-state index is 13.4. The lowest BCUT2D eigenvalue weighted by Crippen LogP contribution is -2.08. The highest BCUT2D eigenvalue weighted by atomic mass is 35.5. The molecule has 2 N–H and O–H groups in total. The number of nitrogens with zero attached hydrogens (tertiary/aromatic N) is 4. The fourth-order valence-corrected chi connectivity index (χ4v) is 2.46. The topological polar surface area (TPSA) is 106 Å². The second kappa shape index (κ2) is 8.02. The fourth-order valence-electron chi connectivity index (χ4n) is 2.24. The molecule has 0 aliphatic heterocycles. The van der Waals surface area contributed by atoms with Crippen LogP contribution in [0.1, 0.15) is 5.56 Å². The van der Waals surface area contributed by atoms with Gasteiger partial charge in [-0.15, -0.1) is 0 Å². The number of aromatic nitrogens is 3. The zero-order valence-electron chi connectivity index (χ0n) is 14.3. The Labute approximate surface area is 168 Å². The van der Waals surface area contributed by atoms with E-state index in [4.69, 9.17) is 11.6 Å². The first kappa shape index (κ1) is 21.1. The molecule has 0 unspecified atom stereocenters. The summed E-state index contributed by atoms with van der Waals surface area (Å²) in [5.41, 5.74) is -1.90. The van der Waals surface area contributed by atoms with Crippen LogP contribution in [0.5, 0.6) is 0 Å². The summed E-state index contributed by atoms with van der Waals surface area (Å²) in [6, 6.07) is 3.26. The molecule has 3 aromatic rings. The van der Waals surface area contributed by atoms with Crippen molar-refractivity contribution < 1.29 is 26.9 Å². The lowest BCUT2D eigenvalue weighted by Gasteiger charge is -2.12. The Morgan fingerprint density at radius 2 is 1.63 bits per heavy atom. The van der Waals surface area contributed by atoms with Gasteiger partial charge in [0.1, 0.15) is 6.33 Å². The van der Waals surface area contributed by atoms with Crippen LogP contribution in [0, 0.1) is 21.7 Å². The number of nitro groups is 1. The average Bonchev–Trinajstić information content (AvgIpc) is 2.65. The minimum absolute atomic E-state index is 0.0488. The summed E-state index contributed by atoms with van der Waals surface area (Å²) >= 11 is 5.79. The monoisotopic (exact) mass is 446 g/mol. The molecule has 0 spiro atoms. The van der Waals surface area contributed by atoms with Crippen molar-refractivity contribution in [2.45, 2.75) is 6.18 Å². The SMILES string of the molecule is O=[N+]([O-])c1c(Nc2ccc(F)c(F)c2)ncnc1Nc1ncc(C(F)(F)F)cc1Cl. The average molecular weight is 447 g/mol. The number of hydrogen-bond donors (Lipinski definition) is 2. The molecule has 14 heteroatoms. The molecule has 2 aromatic heterocycles. The molecule has 0 aliphatic rings. The molecule has 0 bridgehead atoms. The van der Waals surface area contributed by atoms with Crippen molar-refractivity contribution in [3.8, 4) is 0 Å². The number of alkyl halides is 3. The molecule has 0 atom stereocenters. The first-order chi connectivity index (χ1) is 14.1. The Balaban J connectivity index is 1.97. The van der Waals surface area contributed by atoms with Crippen LogP contribution >= 0.6 is 11.6 Å². The van der Waals surface area contributed by atoms with Crippen molar-refractivity contribution in [2.75, 3.05) is 10.6 Å². The number of pyridine rings is 1. The Hall–Kier alpha value is -3.61. The number of rotatable bonds is 5. The lowest BCUT2D eigenvalue weighted by atomic mass is 10.2.